The number of amides is 3. The Hall–Kier alpha value is -5.50. The number of nitrogens with one attached hydrogen (secondary N) is 4. The van der Waals surface area contributed by atoms with Gasteiger partial charge in [0.1, 0.15) is 23.7 Å². The number of H-pyrrole nitrogens is 2. The van der Waals surface area contributed by atoms with Gasteiger partial charge in [0.25, 0.3) is 0 Å². The number of imidazole rings is 2. The number of aromatic amines is 2. The van der Waals surface area contributed by atoms with Crippen molar-refractivity contribution >= 4 is 24.3 Å². The van der Waals surface area contributed by atoms with Gasteiger partial charge in [-0.2, -0.15) is 4.89 Å². The molecule has 14 nitrogen and oxygen atoms in total. The van der Waals surface area contributed by atoms with E-state index < -0.39 is 24.2 Å². The molecular formula is C40H52N8O6. The van der Waals surface area contributed by atoms with Crippen LogP contribution < -0.4 is 10.6 Å². The molecule has 0 aliphatic carbocycles. The number of aromatic nitrogens is 4. The topological polar surface area (TPSA) is 176 Å². The van der Waals surface area contributed by atoms with Crippen LogP contribution in [-0.4, -0.2) is 82.0 Å². The largest absolute Gasteiger partial charge is 0.453 e. The highest BCUT2D eigenvalue weighted by Crippen LogP contribution is 2.34. The normalized spacial score (nSPS) is 16.2. The van der Waals surface area contributed by atoms with Crippen LogP contribution in [0.3, 0.4) is 0 Å². The average molecular weight is 741 g/mol. The van der Waals surface area contributed by atoms with Gasteiger partial charge >= 0.3 is 6.09 Å². The van der Waals surface area contributed by atoms with Crippen LogP contribution in [0.15, 0.2) is 65.9 Å². The maximum atomic E-state index is 13.5. The zero-order valence-electron chi connectivity index (χ0n) is 32.3. The van der Waals surface area contributed by atoms with Crippen molar-refractivity contribution < 1.29 is 28.9 Å². The standard InChI is InChI=1S/C40H52N8O6/c1-23(2)33(46-38(49)34(24(3)4)47-40(51)52-7)37-42-21-31(45-37)29-17-13-27(14-18-29)26-11-15-28(16-12-26)30-20-41-36(44-30)32-10-9-19-48(32)39(50)35(25(5)6)43-22-54-53-8/h11-18,20-25,32-35H,9-10,19H2,1-8H3,(H,41,44)(H,42,45)(H,46,49)(H,47,51)/b43-22-/t32-,33-,34-,35-/m0/s1. The lowest BCUT2D eigenvalue weighted by Crippen LogP contribution is -2.51. The van der Waals surface area contributed by atoms with Crippen LogP contribution in [0.5, 0.6) is 0 Å². The minimum absolute atomic E-state index is 0.0119. The Kier molecular flexibility index (Phi) is 13.2. The Morgan fingerprint density at radius 3 is 1.96 bits per heavy atom. The molecule has 0 bridgehead atoms. The van der Waals surface area contributed by atoms with Crippen LogP contribution in [0.4, 0.5) is 4.79 Å². The molecule has 1 aliphatic heterocycles. The summed E-state index contributed by atoms with van der Waals surface area (Å²) in [5, 5.41) is 5.68. The zero-order chi connectivity index (χ0) is 38.9. The fraction of sp³-hybridized carbons (Fsp3) is 0.450. The average Bonchev–Trinajstić information content (AvgIpc) is 3.96. The van der Waals surface area contributed by atoms with Gasteiger partial charge in [-0.3, -0.25) is 9.59 Å². The summed E-state index contributed by atoms with van der Waals surface area (Å²) in [6, 6.07) is 14.6. The fourth-order valence-electron chi connectivity index (χ4n) is 6.63. The van der Waals surface area contributed by atoms with E-state index in [2.05, 4.69) is 76.8 Å². The van der Waals surface area contributed by atoms with Crippen molar-refractivity contribution in [3.63, 3.8) is 0 Å². The second-order valence-electron chi connectivity index (χ2n) is 14.5. The molecule has 54 heavy (non-hydrogen) atoms. The summed E-state index contributed by atoms with van der Waals surface area (Å²) in [6.45, 7) is 12.3. The number of rotatable bonds is 15. The van der Waals surface area contributed by atoms with E-state index in [1.807, 2.05) is 64.8 Å². The molecule has 2 aromatic heterocycles. The van der Waals surface area contributed by atoms with Gasteiger partial charge in [0.2, 0.25) is 18.2 Å². The number of carbonyl (C=O) groups is 3. The van der Waals surface area contributed by atoms with Crippen LogP contribution in [0.1, 0.15) is 78.1 Å². The van der Waals surface area contributed by atoms with E-state index in [4.69, 9.17) is 9.62 Å². The molecule has 288 valence electrons. The van der Waals surface area contributed by atoms with Crippen molar-refractivity contribution in [1.82, 2.24) is 35.5 Å². The Morgan fingerprint density at radius 2 is 1.41 bits per heavy atom. The number of nitrogens with zero attached hydrogens (tertiary/aromatic N) is 4. The third kappa shape index (κ3) is 9.34. The predicted octanol–water partition coefficient (Wildman–Crippen LogP) is 6.62. The molecule has 14 heteroatoms. The van der Waals surface area contributed by atoms with Crippen LogP contribution in [0.2, 0.25) is 0 Å². The number of hydrogen-bond acceptors (Lipinski definition) is 9. The monoisotopic (exact) mass is 740 g/mol. The molecule has 4 N–H and O–H groups in total. The number of likely N-dealkylation sites (tertiary alicyclic amines) is 1. The van der Waals surface area contributed by atoms with Crippen molar-refractivity contribution in [3.8, 4) is 33.6 Å². The molecule has 3 heterocycles. The van der Waals surface area contributed by atoms with Crippen LogP contribution in [0.25, 0.3) is 33.6 Å². The van der Waals surface area contributed by atoms with E-state index in [0.29, 0.717) is 12.4 Å². The highest BCUT2D eigenvalue weighted by Gasteiger charge is 2.36. The lowest BCUT2D eigenvalue weighted by Gasteiger charge is -2.27. The number of methoxy groups -OCH3 is 1. The summed E-state index contributed by atoms with van der Waals surface area (Å²) in [7, 11) is 2.66. The number of carbonyl (C=O) groups excluding carboxylic acids is 3. The quantitative estimate of drug-likeness (QED) is 0.0455. The minimum atomic E-state index is -0.751. The van der Waals surface area contributed by atoms with Gasteiger partial charge in [-0.05, 0) is 52.8 Å². The third-order valence-corrected chi connectivity index (χ3v) is 9.68. The van der Waals surface area contributed by atoms with E-state index in [9.17, 15) is 14.4 Å². The van der Waals surface area contributed by atoms with Crippen molar-refractivity contribution in [2.75, 3.05) is 20.8 Å². The molecule has 1 aliphatic rings. The Balaban J connectivity index is 1.24. The van der Waals surface area contributed by atoms with Gasteiger partial charge in [0, 0.05) is 6.54 Å². The van der Waals surface area contributed by atoms with E-state index in [1.54, 1.807) is 6.20 Å². The van der Waals surface area contributed by atoms with Crippen molar-refractivity contribution in [2.45, 2.75) is 78.6 Å². The number of hydrogen-bond donors (Lipinski definition) is 4. The second kappa shape index (κ2) is 18.0. The van der Waals surface area contributed by atoms with Gasteiger partial charge in [0.15, 0.2) is 0 Å². The summed E-state index contributed by atoms with van der Waals surface area (Å²) < 4.78 is 4.71. The number of aliphatic imine (C=N–C) groups is 1. The molecule has 0 radical (unpaired) electrons. The van der Waals surface area contributed by atoms with Gasteiger partial charge in [-0.15, -0.1) is 0 Å². The molecule has 5 rings (SSSR count). The minimum Gasteiger partial charge on any atom is -0.453 e. The fourth-order valence-corrected chi connectivity index (χ4v) is 6.63. The first-order chi connectivity index (χ1) is 25.9. The van der Waals surface area contributed by atoms with E-state index >= 15 is 0 Å². The van der Waals surface area contributed by atoms with E-state index in [1.165, 1.54) is 20.6 Å². The summed E-state index contributed by atoms with van der Waals surface area (Å²) in [5.74, 6) is 0.903. The summed E-state index contributed by atoms with van der Waals surface area (Å²) in [6.07, 6.45) is 5.81. The Bertz CT molecular complexity index is 1880. The zero-order valence-corrected chi connectivity index (χ0v) is 32.3. The van der Waals surface area contributed by atoms with E-state index in [-0.39, 0.29) is 35.6 Å². The highest BCUT2D eigenvalue weighted by molar-refractivity contribution is 5.86. The molecule has 0 spiro atoms. The predicted molar refractivity (Wildman–Crippen MR) is 206 cm³/mol. The maximum Gasteiger partial charge on any atom is 0.407 e. The first-order valence-corrected chi connectivity index (χ1v) is 18.4. The third-order valence-electron chi connectivity index (χ3n) is 9.68. The highest BCUT2D eigenvalue weighted by atomic mass is 17.2. The van der Waals surface area contributed by atoms with E-state index in [0.717, 1.165) is 52.3 Å². The molecule has 0 saturated carbocycles. The van der Waals surface area contributed by atoms with Crippen molar-refractivity contribution in [2.24, 2.45) is 22.7 Å². The second-order valence-corrected chi connectivity index (χ2v) is 14.5. The smallest absolute Gasteiger partial charge is 0.407 e. The summed E-state index contributed by atoms with van der Waals surface area (Å²) in [5.41, 5.74) is 5.76. The lowest BCUT2D eigenvalue weighted by atomic mass is 10.00. The summed E-state index contributed by atoms with van der Waals surface area (Å²) in [4.78, 5) is 70.3. The molecule has 1 saturated heterocycles. The van der Waals surface area contributed by atoms with Crippen LogP contribution in [-0.2, 0) is 24.1 Å². The molecule has 4 atom stereocenters. The summed E-state index contributed by atoms with van der Waals surface area (Å²) >= 11 is 0. The Morgan fingerprint density at radius 1 is 0.815 bits per heavy atom. The number of ether oxygens (including phenoxy) is 1. The molecule has 2 aromatic carbocycles. The Labute approximate surface area is 316 Å². The van der Waals surface area contributed by atoms with Crippen molar-refractivity contribution in [3.05, 3.63) is 72.6 Å². The van der Waals surface area contributed by atoms with Gasteiger partial charge in [-0.1, -0.05) is 90.1 Å². The molecule has 0 unspecified atom stereocenters. The van der Waals surface area contributed by atoms with Gasteiger partial charge in [-0.25, -0.2) is 19.8 Å². The lowest BCUT2D eigenvalue weighted by molar-refractivity contribution is -0.188. The van der Waals surface area contributed by atoms with Crippen LogP contribution >= 0.6 is 0 Å². The first kappa shape index (κ1) is 39.7. The molecule has 4 aromatic rings. The number of alkyl carbamates (subject to hydrolysis) is 1. The molecule has 3 amide bonds. The van der Waals surface area contributed by atoms with Crippen molar-refractivity contribution in [1.29, 1.82) is 0 Å². The van der Waals surface area contributed by atoms with Crippen LogP contribution in [0, 0.1) is 17.8 Å². The van der Waals surface area contributed by atoms with Gasteiger partial charge < -0.3 is 35.1 Å². The maximum absolute atomic E-state index is 13.5. The molecular weight excluding hydrogens is 688 g/mol. The van der Waals surface area contributed by atoms with Gasteiger partial charge in [0.05, 0.1) is 50.1 Å². The first-order valence-electron chi connectivity index (χ1n) is 18.4. The molecule has 1 fully saturated rings. The number of benzene rings is 2. The SMILES string of the molecule is COO/C=N\[C@H](C(=O)N1CCC[C@H]1c1ncc(-c2ccc(-c3ccc(-c4cnc([C@@H](NC(=O)[C@@H](NC(=O)OC)C(C)C)C(C)C)[nH]4)cc3)cc2)[nH]1)C(C)C.